The minimum absolute atomic E-state index is 0.0334. The summed E-state index contributed by atoms with van der Waals surface area (Å²) >= 11 is 0. The first-order valence-electron chi connectivity index (χ1n) is 7.06. The van der Waals surface area contributed by atoms with Crippen LogP contribution in [0.5, 0.6) is 0 Å². The van der Waals surface area contributed by atoms with Crippen LogP contribution in [0.1, 0.15) is 25.7 Å². The molecule has 1 fully saturated rings. The number of ether oxygens (including phenoxy) is 1. The lowest BCUT2D eigenvalue weighted by Crippen LogP contribution is -2.46. The highest BCUT2D eigenvalue weighted by Crippen LogP contribution is 2.21. The second kappa shape index (κ2) is 8.20. The van der Waals surface area contributed by atoms with Gasteiger partial charge < -0.3 is 19.6 Å². The van der Waals surface area contributed by atoms with E-state index in [4.69, 9.17) is 10.00 Å². The molecule has 0 aliphatic carbocycles. The van der Waals surface area contributed by atoms with Crippen molar-refractivity contribution < 1.29 is 14.6 Å². The van der Waals surface area contributed by atoms with Crippen LogP contribution in [-0.4, -0.2) is 73.4 Å². The van der Waals surface area contributed by atoms with E-state index in [9.17, 15) is 9.90 Å². The van der Waals surface area contributed by atoms with Gasteiger partial charge in [-0.3, -0.25) is 4.79 Å². The van der Waals surface area contributed by atoms with Gasteiger partial charge in [0.15, 0.2) is 0 Å². The lowest BCUT2D eigenvalue weighted by Gasteiger charge is -2.35. The van der Waals surface area contributed by atoms with Crippen LogP contribution in [-0.2, 0) is 9.53 Å². The van der Waals surface area contributed by atoms with Gasteiger partial charge in [-0.25, -0.2) is 0 Å². The summed E-state index contributed by atoms with van der Waals surface area (Å²) < 4.78 is 5.25. The average molecular weight is 283 g/mol. The number of hydrogen-bond donors (Lipinski definition) is 1. The number of aliphatic hydroxyl groups is 1. The Balaban J connectivity index is 2.26. The normalized spacial score (nSPS) is 17.8. The third-order valence-electron chi connectivity index (χ3n) is 3.68. The smallest absolute Gasteiger partial charge is 0.223 e. The number of likely N-dealkylation sites (N-methyl/N-ethyl adjacent to an activating group) is 1. The predicted molar refractivity (Wildman–Crippen MR) is 75.0 cm³/mol. The Morgan fingerprint density at radius 3 is 2.60 bits per heavy atom. The van der Waals surface area contributed by atoms with E-state index in [1.165, 1.54) is 0 Å². The molecule has 1 heterocycles. The first kappa shape index (κ1) is 16.9. The molecule has 0 unspecified atom stereocenters. The summed E-state index contributed by atoms with van der Waals surface area (Å²) in [5.74, 6) is 0.0334. The van der Waals surface area contributed by atoms with E-state index in [0.29, 0.717) is 58.5 Å². The molecule has 20 heavy (non-hydrogen) atoms. The lowest BCUT2D eigenvalue weighted by molar-refractivity contribution is -0.130. The summed E-state index contributed by atoms with van der Waals surface area (Å²) in [7, 11) is 3.63. The molecule has 6 heteroatoms. The van der Waals surface area contributed by atoms with Gasteiger partial charge in [-0.2, -0.15) is 5.26 Å². The molecule has 1 N–H and O–H groups in total. The van der Waals surface area contributed by atoms with Crippen molar-refractivity contribution in [3.05, 3.63) is 0 Å². The van der Waals surface area contributed by atoms with Crippen molar-refractivity contribution in [2.24, 2.45) is 0 Å². The maximum atomic E-state index is 11.8. The fourth-order valence-electron chi connectivity index (χ4n) is 2.31. The van der Waals surface area contributed by atoms with Crippen LogP contribution >= 0.6 is 0 Å². The zero-order chi connectivity index (χ0) is 15.0. The molecule has 0 radical (unpaired) electrons. The van der Waals surface area contributed by atoms with Crippen LogP contribution in [0, 0.1) is 11.3 Å². The van der Waals surface area contributed by atoms with Gasteiger partial charge in [0.05, 0.1) is 18.1 Å². The van der Waals surface area contributed by atoms with Crippen molar-refractivity contribution in [3.8, 4) is 6.07 Å². The van der Waals surface area contributed by atoms with E-state index >= 15 is 0 Å². The topological polar surface area (TPSA) is 76.8 Å². The van der Waals surface area contributed by atoms with Crippen LogP contribution in [0.4, 0.5) is 0 Å². The molecule has 0 aromatic rings. The highest BCUT2D eigenvalue weighted by Gasteiger charge is 2.30. The van der Waals surface area contributed by atoms with E-state index in [0.717, 1.165) is 0 Å². The third kappa shape index (κ3) is 5.87. The average Bonchev–Trinajstić information content (AvgIpc) is 2.42. The lowest BCUT2D eigenvalue weighted by atomic mass is 9.94. The Labute approximate surface area is 120 Å². The van der Waals surface area contributed by atoms with Crippen LogP contribution in [0.3, 0.4) is 0 Å². The van der Waals surface area contributed by atoms with Crippen LogP contribution in [0.15, 0.2) is 0 Å². The van der Waals surface area contributed by atoms with Crippen molar-refractivity contribution in [2.75, 3.05) is 46.9 Å². The SMILES string of the molecule is CN(CCC(=O)N(C)CCC#N)CC1(O)CCOCC1. The van der Waals surface area contributed by atoms with Crippen LogP contribution < -0.4 is 0 Å². The standard InChI is InChI=1S/C14H25N3O3/c1-16(12-14(19)5-10-20-11-6-14)9-4-13(18)17(2)8-3-7-15/h19H,3-6,8-12H2,1-2H3. The molecule has 114 valence electrons. The molecule has 1 aliphatic rings. The quantitative estimate of drug-likeness (QED) is 0.723. The molecule has 1 amide bonds. The van der Waals surface area contributed by atoms with Crippen LogP contribution in [0.2, 0.25) is 0 Å². The van der Waals surface area contributed by atoms with Crippen molar-refractivity contribution in [1.82, 2.24) is 9.80 Å². The fraction of sp³-hybridized carbons (Fsp3) is 0.857. The molecular formula is C14H25N3O3. The summed E-state index contributed by atoms with van der Waals surface area (Å²) in [5, 5.41) is 18.9. The van der Waals surface area contributed by atoms with Gasteiger partial charge in [-0.05, 0) is 7.05 Å². The fourth-order valence-corrected chi connectivity index (χ4v) is 2.31. The Hall–Kier alpha value is -1.16. The molecule has 0 aromatic heterocycles. The number of amides is 1. The van der Waals surface area contributed by atoms with E-state index in [1.807, 2.05) is 18.0 Å². The van der Waals surface area contributed by atoms with Gasteiger partial charge in [0.2, 0.25) is 5.91 Å². The number of hydrogen-bond acceptors (Lipinski definition) is 5. The summed E-state index contributed by atoms with van der Waals surface area (Å²) in [4.78, 5) is 15.4. The zero-order valence-electron chi connectivity index (χ0n) is 12.5. The largest absolute Gasteiger partial charge is 0.388 e. The minimum Gasteiger partial charge on any atom is -0.388 e. The van der Waals surface area contributed by atoms with Crippen molar-refractivity contribution >= 4 is 5.91 Å². The van der Waals surface area contributed by atoms with E-state index in [-0.39, 0.29) is 5.91 Å². The second-order valence-electron chi connectivity index (χ2n) is 5.55. The highest BCUT2D eigenvalue weighted by atomic mass is 16.5. The number of carbonyl (C=O) groups excluding carboxylic acids is 1. The minimum atomic E-state index is -0.692. The van der Waals surface area contributed by atoms with E-state index < -0.39 is 5.60 Å². The summed E-state index contributed by atoms with van der Waals surface area (Å²) in [5.41, 5.74) is -0.692. The molecule has 1 saturated heterocycles. The molecular weight excluding hydrogens is 258 g/mol. The molecule has 1 aliphatic heterocycles. The molecule has 0 spiro atoms. The van der Waals surface area contributed by atoms with Crippen molar-refractivity contribution in [3.63, 3.8) is 0 Å². The number of rotatable bonds is 7. The summed E-state index contributed by atoms with van der Waals surface area (Å²) in [6, 6.07) is 2.03. The summed E-state index contributed by atoms with van der Waals surface area (Å²) in [6.45, 7) is 2.84. The Morgan fingerprint density at radius 1 is 1.35 bits per heavy atom. The molecule has 0 bridgehead atoms. The molecule has 0 aromatic carbocycles. The van der Waals surface area contributed by atoms with Crippen molar-refractivity contribution in [1.29, 1.82) is 5.26 Å². The van der Waals surface area contributed by atoms with Gasteiger partial charge in [0.25, 0.3) is 0 Å². The monoisotopic (exact) mass is 283 g/mol. The van der Waals surface area contributed by atoms with Gasteiger partial charge in [-0.1, -0.05) is 0 Å². The van der Waals surface area contributed by atoms with Gasteiger partial charge in [0.1, 0.15) is 0 Å². The Morgan fingerprint density at radius 2 is 2.00 bits per heavy atom. The first-order chi connectivity index (χ1) is 9.47. The molecule has 0 saturated carbocycles. The molecule has 6 nitrogen and oxygen atoms in total. The van der Waals surface area contributed by atoms with Gasteiger partial charge in [-0.15, -0.1) is 0 Å². The molecule has 0 atom stereocenters. The highest BCUT2D eigenvalue weighted by molar-refractivity contribution is 5.76. The van der Waals surface area contributed by atoms with E-state index in [1.54, 1.807) is 11.9 Å². The Kier molecular flexibility index (Phi) is 6.93. The maximum Gasteiger partial charge on any atom is 0.223 e. The zero-order valence-corrected chi connectivity index (χ0v) is 12.5. The predicted octanol–water partition coefficient (Wildman–Crippen LogP) is 0.222. The van der Waals surface area contributed by atoms with Crippen molar-refractivity contribution in [2.45, 2.75) is 31.3 Å². The van der Waals surface area contributed by atoms with Gasteiger partial charge >= 0.3 is 0 Å². The number of carbonyl (C=O) groups is 1. The summed E-state index contributed by atoms with van der Waals surface area (Å²) in [6.07, 6.45) is 2.06. The third-order valence-corrected chi connectivity index (χ3v) is 3.68. The van der Waals surface area contributed by atoms with Crippen LogP contribution in [0.25, 0.3) is 0 Å². The Bertz CT molecular complexity index is 348. The number of nitriles is 1. The second-order valence-corrected chi connectivity index (χ2v) is 5.55. The number of nitrogens with zero attached hydrogens (tertiary/aromatic N) is 3. The van der Waals surface area contributed by atoms with E-state index in [2.05, 4.69) is 0 Å². The molecule has 1 rings (SSSR count). The van der Waals surface area contributed by atoms with Gasteiger partial charge in [0, 0.05) is 59.2 Å². The maximum absolute atomic E-state index is 11.8. The first-order valence-corrected chi connectivity index (χ1v) is 7.06.